The second-order valence-electron chi connectivity index (χ2n) is 6.88. The average Bonchev–Trinajstić information content (AvgIpc) is 2.76. The molecule has 0 spiro atoms. The minimum absolute atomic E-state index is 0.556. The highest BCUT2D eigenvalue weighted by Crippen LogP contribution is 2.19. The lowest BCUT2D eigenvalue weighted by molar-refractivity contribution is 0.180. The first-order chi connectivity index (χ1) is 14.2. The number of hydrogen-bond donors (Lipinski definition) is 2. The van der Waals surface area contributed by atoms with Crippen LogP contribution >= 0.6 is 0 Å². The summed E-state index contributed by atoms with van der Waals surface area (Å²) < 4.78 is 11.1. The van der Waals surface area contributed by atoms with E-state index in [-0.39, 0.29) is 0 Å². The molecule has 0 saturated carbocycles. The van der Waals surface area contributed by atoms with Gasteiger partial charge in [-0.15, -0.1) is 0 Å². The Hall–Kier alpha value is -2.57. The Bertz CT molecular complexity index is 722. The zero-order valence-electron chi connectivity index (χ0n) is 17.9. The summed E-state index contributed by atoms with van der Waals surface area (Å²) in [5.41, 5.74) is 2.26. The summed E-state index contributed by atoms with van der Waals surface area (Å²) in [6.45, 7) is 4.80. The van der Waals surface area contributed by atoms with Crippen LogP contribution in [0, 0.1) is 0 Å². The Kier molecular flexibility index (Phi) is 10.6. The molecule has 0 aliphatic carbocycles. The molecule has 0 aliphatic heterocycles. The van der Waals surface area contributed by atoms with Crippen LogP contribution < -0.4 is 15.4 Å². The molecule has 0 atom stereocenters. The van der Waals surface area contributed by atoms with Crippen molar-refractivity contribution in [3.8, 4) is 5.75 Å². The van der Waals surface area contributed by atoms with Crippen molar-refractivity contribution in [1.29, 1.82) is 0 Å². The van der Waals surface area contributed by atoms with Crippen molar-refractivity contribution in [2.24, 2.45) is 4.99 Å². The molecule has 0 heterocycles. The molecule has 0 unspecified atom stereocenters. The number of nitrogens with zero attached hydrogens (tertiary/aromatic N) is 2. The molecule has 2 N–H and O–H groups in total. The van der Waals surface area contributed by atoms with Crippen molar-refractivity contribution in [3.63, 3.8) is 0 Å². The Labute approximate surface area is 174 Å². The summed E-state index contributed by atoms with van der Waals surface area (Å²) in [7, 11) is 5.64. The van der Waals surface area contributed by atoms with E-state index in [4.69, 9.17) is 9.47 Å². The number of methoxy groups -OCH3 is 1. The SMILES string of the molecule is CN=C(NCCN(C)CCCOC)NCc1ccccc1OCc1ccccc1. The number of hydrogen-bond acceptors (Lipinski definition) is 4. The third-order valence-electron chi connectivity index (χ3n) is 4.55. The molecular weight excluding hydrogens is 364 g/mol. The fraction of sp³-hybridized carbons (Fsp3) is 0.435. The van der Waals surface area contributed by atoms with Crippen LogP contribution in [0.4, 0.5) is 0 Å². The van der Waals surface area contributed by atoms with Gasteiger partial charge in [0.2, 0.25) is 0 Å². The van der Waals surface area contributed by atoms with Crippen LogP contribution in [-0.4, -0.2) is 58.3 Å². The van der Waals surface area contributed by atoms with E-state index in [0.29, 0.717) is 13.2 Å². The molecule has 0 radical (unpaired) electrons. The first kappa shape index (κ1) is 22.7. The Balaban J connectivity index is 1.77. The molecule has 29 heavy (non-hydrogen) atoms. The average molecular weight is 399 g/mol. The number of rotatable bonds is 12. The van der Waals surface area contributed by atoms with Crippen molar-refractivity contribution >= 4 is 5.96 Å². The molecule has 2 aromatic rings. The molecule has 158 valence electrons. The maximum Gasteiger partial charge on any atom is 0.191 e. The predicted molar refractivity (Wildman–Crippen MR) is 119 cm³/mol. The summed E-state index contributed by atoms with van der Waals surface area (Å²) in [6, 6.07) is 18.3. The second-order valence-corrected chi connectivity index (χ2v) is 6.88. The molecule has 0 aliphatic rings. The predicted octanol–water partition coefficient (Wildman–Crippen LogP) is 2.90. The normalized spacial score (nSPS) is 11.5. The van der Waals surface area contributed by atoms with Gasteiger partial charge in [-0.1, -0.05) is 48.5 Å². The summed E-state index contributed by atoms with van der Waals surface area (Å²) in [6.07, 6.45) is 1.04. The van der Waals surface area contributed by atoms with Gasteiger partial charge in [-0.05, 0) is 25.1 Å². The van der Waals surface area contributed by atoms with E-state index in [1.807, 2.05) is 36.4 Å². The molecule has 0 saturated heterocycles. The standard InChI is InChI=1S/C23H34N4O2/c1-24-23(25-14-16-27(2)15-9-17-28-3)26-18-21-12-7-8-13-22(21)29-19-20-10-5-4-6-11-20/h4-8,10-13H,9,14-19H2,1-3H3,(H2,24,25,26). The Morgan fingerprint density at radius 1 is 1.00 bits per heavy atom. The molecule has 6 nitrogen and oxygen atoms in total. The van der Waals surface area contributed by atoms with Gasteiger partial charge in [0, 0.05) is 52.5 Å². The third-order valence-corrected chi connectivity index (χ3v) is 4.55. The van der Waals surface area contributed by atoms with Crippen LogP contribution in [0.25, 0.3) is 0 Å². The Morgan fingerprint density at radius 2 is 1.76 bits per heavy atom. The largest absolute Gasteiger partial charge is 0.489 e. The number of ether oxygens (including phenoxy) is 2. The zero-order valence-corrected chi connectivity index (χ0v) is 17.9. The van der Waals surface area contributed by atoms with Gasteiger partial charge in [0.05, 0.1) is 0 Å². The van der Waals surface area contributed by atoms with Gasteiger partial charge in [-0.2, -0.15) is 0 Å². The van der Waals surface area contributed by atoms with E-state index in [9.17, 15) is 0 Å². The van der Waals surface area contributed by atoms with Gasteiger partial charge < -0.3 is 25.0 Å². The monoisotopic (exact) mass is 398 g/mol. The van der Waals surface area contributed by atoms with Crippen molar-refractivity contribution in [3.05, 3.63) is 65.7 Å². The van der Waals surface area contributed by atoms with E-state index in [1.54, 1.807) is 14.2 Å². The maximum atomic E-state index is 6.03. The lowest BCUT2D eigenvalue weighted by Crippen LogP contribution is -2.40. The summed E-state index contributed by atoms with van der Waals surface area (Å²) in [5, 5.41) is 6.73. The summed E-state index contributed by atoms with van der Waals surface area (Å²) in [5.74, 6) is 1.67. The third kappa shape index (κ3) is 8.98. The van der Waals surface area contributed by atoms with Crippen LogP contribution in [0.1, 0.15) is 17.5 Å². The number of nitrogens with one attached hydrogen (secondary N) is 2. The Morgan fingerprint density at radius 3 is 2.52 bits per heavy atom. The first-order valence-electron chi connectivity index (χ1n) is 10.1. The molecular formula is C23H34N4O2. The highest BCUT2D eigenvalue weighted by Gasteiger charge is 2.05. The molecule has 0 amide bonds. The maximum absolute atomic E-state index is 6.03. The van der Waals surface area contributed by atoms with Crippen molar-refractivity contribution in [1.82, 2.24) is 15.5 Å². The van der Waals surface area contributed by atoms with E-state index in [1.165, 1.54) is 0 Å². The highest BCUT2D eigenvalue weighted by molar-refractivity contribution is 5.79. The zero-order chi connectivity index (χ0) is 20.7. The first-order valence-corrected chi connectivity index (χ1v) is 10.1. The fourth-order valence-electron chi connectivity index (χ4n) is 2.88. The minimum atomic E-state index is 0.556. The van der Waals surface area contributed by atoms with Gasteiger partial charge >= 0.3 is 0 Å². The quantitative estimate of drug-likeness (QED) is 0.327. The van der Waals surface area contributed by atoms with Gasteiger partial charge in [0.15, 0.2) is 5.96 Å². The van der Waals surface area contributed by atoms with Gasteiger partial charge in [-0.25, -0.2) is 0 Å². The van der Waals surface area contributed by atoms with Crippen LogP contribution in [0.5, 0.6) is 5.75 Å². The van der Waals surface area contributed by atoms with E-state index >= 15 is 0 Å². The lowest BCUT2D eigenvalue weighted by atomic mass is 10.2. The minimum Gasteiger partial charge on any atom is -0.489 e. The molecule has 2 rings (SSSR count). The number of aliphatic imine (C=N–C) groups is 1. The molecule has 6 heteroatoms. The smallest absolute Gasteiger partial charge is 0.191 e. The van der Waals surface area contributed by atoms with E-state index in [2.05, 4.69) is 45.8 Å². The molecule has 0 bridgehead atoms. The number of likely N-dealkylation sites (N-methyl/N-ethyl adjacent to an activating group) is 1. The van der Waals surface area contributed by atoms with Crippen molar-refractivity contribution < 1.29 is 9.47 Å². The number of para-hydroxylation sites is 1. The van der Waals surface area contributed by atoms with Crippen LogP contribution in [0.3, 0.4) is 0 Å². The van der Waals surface area contributed by atoms with Crippen LogP contribution in [0.2, 0.25) is 0 Å². The van der Waals surface area contributed by atoms with Gasteiger partial charge in [-0.3, -0.25) is 4.99 Å². The molecule has 0 aromatic heterocycles. The van der Waals surface area contributed by atoms with Crippen LogP contribution in [0.15, 0.2) is 59.6 Å². The van der Waals surface area contributed by atoms with Gasteiger partial charge in [0.25, 0.3) is 0 Å². The van der Waals surface area contributed by atoms with Crippen molar-refractivity contribution in [2.45, 2.75) is 19.6 Å². The number of benzene rings is 2. The highest BCUT2D eigenvalue weighted by atomic mass is 16.5. The molecule has 2 aromatic carbocycles. The van der Waals surface area contributed by atoms with Crippen molar-refractivity contribution in [2.75, 3.05) is 47.4 Å². The van der Waals surface area contributed by atoms with Crippen LogP contribution in [-0.2, 0) is 17.9 Å². The van der Waals surface area contributed by atoms with E-state index in [0.717, 1.165) is 55.5 Å². The van der Waals surface area contributed by atoms with E-state index < -0.39 is 0 Å². The fourth-order valence-corrected chi connectivity index (χ4v) is 2.88. The molecule has 0 fully saturated rings. The lowest BCUT2D eigenvalue weighted by Gasteiger charge is -2.18. The second kappa shape index (κ2) is 13.6. The summed E-state index contributed by atoms with van der Waals surface area (Å²) in [4.78, 5) is 6.60. The topological polar surface area (TPSA) is 58.1 Å². The number of guanidine groups is 1. The van der Waals surface area contributed by atoms with Gasteiger partial charge in [0.1, 0.15) is 12.4 Å². The summed E-state index contributed by atoms with van der Waals surface area (Å²) >= 11 is 0.